The number of ether oxygens (including phenoxy) is 1. The number of benzene rings is 1. The van der Waals surface area contributed by atoms with E-state index < -0.39 is 0 Å². The van der Waals surface area contributed by atoms with Crippen LogP contribution in [0.1, 0.15) is 19.8 Å². The van der Waals surface area contributed by atoms with Crippen LogP contribution in [0.4, 0.5) is 11.4 Å². The van der Waals surface area contributed by atoms with Gasteiger partial charge in [-0.2, -0.15) is 0 Å². The van der Waals surface area contributed by atoms with Gasteiger partial charge in [0.1, 0.15) is 0 Å². The van der Waals surface area contributed by atoms with Crippen molar-refractivity contribution in [2.24, 2.45) is 4.99 Å². The molecule has 0 saturated carbocycles. The molecule has 128 valence electrons. The van der Waals surface area contributed by atoms with Crippen molar-refractivity contribution in [3.63, 3.8) is 0 Å². The Morgan fingerprint density at radius 1 is 1.33 bits per heavy atom. The predicted octanol–water partition coefficient (Wildman–Crippen LogP) is 2.85. The highest BCUT2D eigenvalue weighted by molar-refractivity contribution is 8.14. The largest absolute Gasteiger partial charge is 0.469 e. The Labute approximate surface area is 145 Å². The topological polar surface area (TPSA) is 79.8 Å². The van der Waals surface area contributed by atoms with Gasteiger partial charge >= 0.3 is 5.97 Å². The Kier molecular flexibility index (Phi) is 6.87. The number of nitrogens with zero attached hydrogens (tertiary/aromatic N) is 1. The van der Waals surface area contributed by atoms with Crippen molar-refractivity contribution >= 4 is 40.1 Å². The van der Waals surface area contributed by atoms with Crippen LogP contribution in [0.2, 0.25) is 0 Å². The van der Waals surface area contributed by atoms with E-state index in [-0.39, 0.29) is 24.1 Å². The van der Waals surface area contributed by atoms with E-state index in [0.29, 0.717) is 17.3 Å². The molecule has 0 atom stereocenters. The van der Waals surface area contributed by atoms with Crippen molar-refractivity contribution in [2.75, 3.05) is 24.7 Å². The molecule has 0 bridgehead atoms. The van der Waals surface area contributed by atoms with Crippen LogP contribution in [0.25, 0.3) is 0 Å². The molecular formula is C17H21N3O3S. The second-order valence-corrected chi connectivity index (χ2v) is 6.15. The summed E-state index contributed by atoms with van der Waals surface area (Å²) in [5.74, 6) is -0.0839. The Morgan fingerprint density at radius 3 is 2.88 bits per heavy atom. The average molecular weight is 347 g/mol. The zero-order valence-electron chi connectivity index (χ0n) is 13.8. The third-order valence-electron chi connectivity index (χ3n) is 3.21. The van der Waals surface area contributed by atoms with Crippen molar-refractivity contribution in [3.05, 3.63) is 36.0 Å². The number of hydrogen-bond acceptors (Lipinski definition) is 6. The molecule has 0 unspecified atom stereocenters. The monoisotopic (exact) mass is 347 g/mol. The molecule has 1 heterocycles. The lowest BCUT2D eigenvalue weighted by atomic mass is 10.2. The number of para-hydroxylation sites is 2. The number of carbonyl (C=O) groups is 2. The maximum absolute atomic E-state index is 11.8. The first-order valence-electron chi connectivity index (χ1n) is 7.74. The van der Waals surface area contributed by atoms with Crippen LogP contribution in [0.3, 0.4) is 0 Å². The fourth-order valence-electron chi connectivity index (χ4n) is 2.04. The lowest BCUT2D eigenvalue weighted by Gasteiger charge is -2.09. The summed E-state index contributed by atoms with van der Waals surface area (Å²) < 4.78 is 4.73. The van der Waals surface area contributed by atoms with Gasteiger partial charge in [-0.15, -0.1) is 0 Å². The van der Waals surface area contributed by atoms with E-state index in [4.69, 9.17) is 4.74 Å². The molecule has 1 aliphatic rings. The van der Waals surface area contributed by atoms with Gasteiger partial charge in [-0.1, -0.05) is 30.8 Å². The maximum atomic E-state index is 11.8. The van der Waals surface area contributed by atoms with Gasteiger partial charge in [0.2, 0.25) is 5.91 Å². The number of methoxy groups -OCH3 is 1. The molecule has 7 heteroatoms. The Hall–Kier alpha value is -2.28. The number of fused-ring (bicyclic) bond motifs is 1. The van der Waals surface area contributed by atoms with Crippen LogP contribution < -0.4 is 10.6 Å². The Morgan fingerprint density at radius 2 is 2.12 bits per heavy atom. The van der Waals surface area contributed by atoms with E-state index in [1.165, 1.54) is 18.9 Å². The number of aliphatic imine (C=N–C) groups is 1. The minimum Gasteiger partial charge on any atom is -0.469 e. The minimum absolute atomic E-state index is 0.0297. The maximum Gasteiger partial charge on any atom is 0.311 e. The number of amides is 1. The predicted molar refractivity (Wildman–Crippen MR) is 97.6 cm³/mol. The van der Waals surface area contributed by atoms with Crippen molar-refractivity contribution in [1.29, 1.82) is 0 Å². The summed E-state index contributed by atoms with van der Waals surface area (Å²) in [5, 5.41) is 6.72. The van der Waals surface area contributed by atoms with Gasteiger partial charge in [-0.3, -0.25) is 9.59 Å². The summed E-state index contributed by atoms with van der Waals surface area (Å²) in [6.45, 7) is 2.67. The zero-order chi connectivity index (χ0) is 17.4. The number of esters is 1. The third kappa shape index (κ3) is 5.42. The molecule has 0 spiro atoms. The van der Waals surface area contributed by atoms with E-state index in [2.05, 4.69) is 15.6 Å². The Balaban J connectivity index is 2.15. The van der Waals surface area contributed by atoms with Gasteiger partial charge < -0.3 is 15.4 Å². The highest BCUT2D eigenvalue weighted by Gasteiger charge is 2.15. The molecule has 0 saturated heterocycles. The highest BCUT2D eigenvalue weighted by Crippen LogP contribution is 2.30. The van der Waals surface area contributed by atoms with E-state index in [1.807, 2.05) is 31.2 Å². The van der Waals surface area contributed by atoms with E-state index in [9.17, 15) is 9.59 Å². The summed E-state index contributed by atoms with van der Waals surface area (Å²) in [6.07, 6.45) is 2.80. The smallest absolute Gasteiger partial charge is 0.311 e. The van der Waals surface area contributed by atoms with Crippen LogP contribution in [-0.4, -0.2) is 36.3 Å². The molecule has 1 aromatic rings. The molecule has 1 aliphatic heterocycles. The molecule has 0 fully saturated rings. The fourth-order valence-corrected chi connectivity index (χ4v) is 2.81. The van der Waals surface area contributed by atoms with Crippen molar-refractivity contribution in [1.82, 2.24) is 5.32 Å². The molecule has 0 aromatic heterocycles. The lowest BCUT2D eigenvalue weighted by molar-refractivity contribution is -0.139. The third-order valence-corrected chi connectivity index (χ3v) is 4.12. The summed E-state index contributed by atoms with van der Waals surface area (Å²) in [5.41, 5.74) is 2.27. The van der Waals surface area contributed by atoms with Crippen LogP contribution in [0.5, 0.6) is 0 Å². The first-order valence-corrected chi connectivity index (χ1v) is 8.72. The molecule has 2 rings (SSSR count). The summed E-state index contributed by atoms with van der Waals surface area (Å²) in [4.78, 5) is 27.9. The summed E-state index contributed by atoms with van der Waals surface area (Å²) in [7, 11) is 1.36. The molecule has 0 radical (unpaired) electrons. The number of rotatable bonds is 6. The van der Waals surface area contributed by atoms with Gasteiger partial charge in [0, 0.05) is 12.2 Å². The minimum atomic E-state index is -0.335. The normalized spacial score (nSPS) is 12.9. The quantitative estimate of drug-likeness (QED) is 0.774. The standard InChI is InChI=1S/C17H21N3O3S/c1-3-8-18-15(21)11-24-16-9-12(10-17(22)23-2)19-13-6-4-5-7-14(13)20-16/h4-7,9,19H,3,8,10-11H2,1-2H3,(H,18,21). The van der Waals surface area contributed by atoms with Crippen LogP contribution in [0, 0.1) is 0 Å². The van der Waals surface area contributed by atoms with Gasteiger partial charge in [0.05, 0.1) is 35.7 Å². The first-order chi connectivity index (χ1) is 11.6. The molecular weight excluding hydrogens is 326 g/mol. The second-order valence-electron chi connectivity index (χ2n) is 5.15. The number of nitrogens with one attached hydrogen (secondary N) is 2. The summed E-state index contributed by atoms with van der Waals surface area (Å²) in [6, 6.07) is 7.57. The Bertz CT molecular complexity index is 671. The van der Waals surface area contributed by atoms with Gasteiger partial charge in [-0.05, 0) is 24.6 Å². The fraction of sp³-hybridized carbons (Fsp3) is 0.353. The van der Waals surface area contributed by atoms with E-state index in [0.717, 1.165) is 17.8 Å². The number of hydrogen-bond donors (Lipinski definition) is 2. The number of carbonyl (C=O) groups excluding carboxylic acids is 2. The number of anilines is 1. The molecule has 1 aromatic carbocycles. The van der Waals surface area contributed by atoms with Crippen molar-refractivity contribution < 1.29 is 14.3 Å². The van der Waals surface area contributed by atoms with Gasteiger partial charge in [0.25, 0.3) is 0 Å². The first kappa shape index (κ1) is 18.1. The summed E-state index contributed by atoms with van der Waals surface area (Å²) >= 11 is 1.34. The number of thioether (sulfide) groups is 1. The molecule has 6 nitrogen and oxygen atoms in total. The average Bonchev–Trinajstić information content (AvgIpc) is 2.76. The second kappa shape index (κ2) is 9.12. The lowest BCUT2D eigenvalue weighted by Crippen LogP contribution is -2.26. The zero-order valence-corrected chi connectivity index (χ0v) is 14.6. The van der Waals surface area contributed by atoms with E-state index >= 15 is 0 Å². The van der Waals surface area contributed by atoms with Crippen molar-refractivity contribution in [3.8, 4) is 0 Å². The molecule has 2 N–H and O–H groups in total. The van der Waals surface area contributed by atoms with Crippen LogP contribution in [0.15, 0.2) is 41.0 Å². The van der Waals surface area contributed by atoms with Gasteiger partial charge in [-0.25, -0.2) is 4.99 Å². The molecule has 0 aliphatic carbocycles. The van der Waals surface area contributed by atoms with Gasteiger partial charge in [0.15, 0.2) is 0 Å². The van der Waals surface area contributed by atoms with E-state index in [1.54, 1.807) is 6.08 Å². The van der Waals surface area contributed by atoms with Crippen molar-refractivity contribution in [2.45, 2.75) is 19.8 Å². The highest BCUT2D eigenvalue weighted by atomic mass is 32.2. The molecule has 1 amide bonds. The van der Waals surface area contributed by atoms with Crippen LogP contribution in [-0.2, 0) is 14.3 Å². The van der Waals surface area contributed by atoms with Crippen LogP contribution >= 0.6 is 11.8 Å². The SMILES string of the molecule is CCCNC(=O)CSC1=Nc2ccccc2NC(CC(=O)OC)=C1. The molecule has 24 heavy (non-hydrogen) atoms.